The molecule has 0 radical (unpaired) electrons. The number of carbonyl (C=O) groups excluding carboxylic acids is 2. The van der Waals surface area contributed by atoms with Crippen molar-refractivity contribution in [3.63, 3.8) is 0 Å². The van der Waals surface area contributed by atoms with E-state index in [-0.39, 0.29) is 18.2 Å². The van der Waals surface area contributed by atoms with E-state index in [1.54, 1.807) is 0 Å². The lowest BCUT2D eigenvalue weighted by atomic mass is 10.1. The van der Waals surface area contributed by atoms with Gasteiger partial charge < -0.3 is 5.32 Å². The molecule has 2 heterocycles. The minimum atomic E-state index is -0.402. The first-order valence-electron chi connectivity index (χ1n) is 8.73. The summed E-state index contributed by atoms with van der Waals surface area (Å²) in [6.45, 7) is 3.39. The second-order valence-electron chi connectivity index (χ2n) is 6.32. The maximum absolute atomic E-state index is 12.4. The van der Waals surface area contributed by atoms with Gasteiger partial charge in [-0.15, -0.1) is 0 Å². The van der Waals surface area contributed by atoms with Gasteiger partial charge in [-0.2, -0.15) is 0 Å². The molecule has 2 saturated heterocycles. The minimum absolute atomic E-state index is 0.0559. The highest BCUT2D eigenvalue weighted by molar-refractivity contribution is 5.88. The Kier molecular flexibility index (Phi) is 5.82. The highest BCUT2D eigenvalue weighted by atomic mass is 16.7. The second-order valence-corrected chi connectivity index (χ2v) is 6.32. The third-order valence-corrected chi connectivity index (χ3v) is 4.62. The highest BCUT2D eigenvalue weighted by Gasteiger charge is 2.33. The molecule has 2 aliphatic rings. The van der Waals surface area contributed by atoms with Gasteiger partial charge in [-0.1, -0.05) is 30.3 Å². The van der Waals surface area contributed by atoms with Crippen LogP contribution in [0.25, 0.3) is 0 Å². The Bertz CT molecular complexity index is 558. The number of piperazine rings is 1. The Labute approximate surface area is 142 Å². The van der Waals surface area contributed by atoms with Gasteiger partial charge in [-0.3, -0.25) is 19.3 Å². The Hall–Kier alpha value is -1.92. The number of nitrogens with zero attached hydrogens (tertiary/aromatic N) is 2. The van der Waals surface area contributed by atoms with Crippen molar-refractivity contribution >= 4 is 11.8 Å². The number of amides is 2. The maximum atomic E-state index is 12.4. The minimum Gasteiger partial charge on any atom is -0.353 e. The van der Waals surface area contributed by atoms with Crippen molar-refractivity contribution in [2.45, 2.75) is 31.7 Å². The van der Waals surface area contributed by atoms with Crippen LogP contribution < -0.4 is 5.32 Å². The van der Waals surface area contributed by atoms with E-state index in [9.17, 15) is 9.59 Å². The van der Waals surface area contributed by atoms with Crippen LogP contribution >= 0.6 is 0 Å². The van der Waals surface area contributed by atoms with Gasteiger partial charge >= 0.3 is 0 Å². The Morgan fingerprint density at radius 3 is 2.79 bits per heavy atom. The lowest BCUT2D eigenvalue weighted by Gasteiger charge is -2.36. The molecular weight excluding hydrogens is 306 g/mol. The van der Waals surface area contributed by atoms with E-state index < -0.39 is 6.04 Å². The van der Waals surface area contributed by atoms with Gasteiger partial charge in [-0.05, 0) is 24.8 Å². The van der Waals surface area contributed by atoms with Gasteiger partial charge in [0.2, 0.25) is 11.8 Å². The van der Waals surface area contributed by atoms with Crippen molar-refractivity contribution in [3.05, 3.63) is 35.9 Å². The number of hydrogen-bond donors (Lipinski definition) is 1. The highest BCUT2D eigenvalue weighted by Crippen LogP contribution is 2.15. The third kappa shape index (κ3) is 4.33. The van der Waals surface area contributed by atoms with E-state index in [4.69, 9.17) is 4.84 Å². The summed E-state index contributed by atoms with van der Waals surface area (Å²) in [6.07, 6.45) is 3.00. The third-order valence-electron chi connectivity index (χ3n) is 4.62. The number of rotatable bonds is 5. The SMILES string of the molecule is O=C1NCCN(CCc2ccccc2)[C@H]1CC(=O)N1CCCCO1. The van der Waals surface area contributed by atoms with E-state index in [1.165, 1.54) is 10.6 Å². The van der Waals surface area contributed by atoms with Crippen molar-refractivity contribution in [1.29, 1.82) is 0 Å². The predicted octanol–water partition coefficient (Wildman–Crippen LogP) is 0.974. The Morgan fingerprint density at radius 1 is 1.21 bits per heavy atom. The van der Waals surface area contributed by atoms with Crippen molar-refractivity contribution in [1.82, 2.24) is 15.3 Å². The van der Waals surface area contributed by atoms with Gasteiger partial charge in [0.1, 0.15) is 0 Å². The lowest BCUT2D eigenvalue weighted by molar-refractivity contribution is -0.198. The van der Waals surface area contributed by atoms with E-state index in [0.29, 0.717) is 19.7 Å². The maximum Gasteiger partial charge on any atom is 0.248 e. The van der Waals surface area contributed by atoms with Crippen LogP contribution in [0.5, 0.6) is 0 Å². The first-order chi connectivity index (χ1) is 11.7. The molecule has 6 heteroatoms. The van der Waals surface area contributed by atoms with Crippen molar-refractivity contribution in [3.8, 4) is 0 Å². The zero-order chi connectivity index (χ0) is 16.8. The van der Waals surface area contributed by atoms with E-state index in [2.05, 4.69) is 22.3 Å². The fourth-order valence-corrected chi connectivity index (χ4v) is 3.23. The monoisotopic (exact) mass is 331 g/mol. The molecule has 0 aliphatic carbocycles. The fraction of sp³-hybridized carbons (Fsp3) is 0.556. The summed E-state index contributed by atoms with van der Waals surface area (Å²) < 4.78 is 0. The van der Waals surface area contributed by atoms with Crippen molar-refractivity contribution < 1.29 is 14.4 Å². The largest absolute Gasteiger partial charge is 0.353 e. The Balaban J connectivity index is 1.59. The average Bonchev–Trinajstić information content (AvgIpc) is 2.63. The van der Waals surface area contributed by atoms with E-state index in [0.717, 1.165) is 32.4 Å². The molecule has 2 amide bonds. The van der Waals surface area contributed by atoms with Crippen LogP contribution in [0.3, 0.4) is 0 Å². The molecular formula is C18H25N3O3. The summed E-state index contributed by atoms with van der Waals surface area (Å²) >= 11 is 0. The molecule has 0 unspecified atom stereocenters. The standard InChI is InChI=1S/C18H25N3O3/c22-17(21-10-4-5-13-24-21)14-16-18(23)19-9-12-20(16)11-8-15-6-2-1-3-7-15/h1-3,6-7,16H,4-5,8-14H2,(H,19,23)/t16-/m0/s1. The summed E-state index contributed by atoms with van der Waals surface area (Å²) in [5, 5.41) is 4.31. The van der Waals surface area contributed by atoms with Crippen LogP contribution in [0.4, 0.5) is 0 Å². The lowest BCUT2D eigenvalue weighted by Crippen LogP contribution is -2.57. The zero-order valence-corrected chi connectivity index (χ0v) is 13.9. The molecule has 3 rings (SSSR count). The second kappa shape index (κ2) is 8.26. The fourth-order valence-electron chi connectivity index (χ4n) is 3.23. The zero-order valence-electron chi connectivity index (χ0n) is 13.9. The molecule has 24 heavy (non-hydrogen) atoms. The first kappa shape index (κ1) is 16.9. The van der Waals surface area contributed by atoms with Crippen LogP contribution in [0.2, 0.25) is 0 Å². The number of hydroxylamine groups is 2. The molecule has 0 spiro atoms. The summed E-state index contributed by atoms with van der Waals surface area (Å²) in [7, 11) is 0. The van der Waals surface area contributed by atoms with Crippen molar-refractivity contribution in [2.75, 3.05) is 32.8 Å². The topological polar surface area (TPSA) is 61.9 Å². The molecule has 1 aromatic rings. The van der Waals surface area contributed by atoms with Crippen LogP contribution in [0.15, 0.2) is 30.3 Å². The summed E-state index contributed by atoms with van der Waals surface area (Å²) in [6, 6.07) is 9.82. The molecule has 6 nitrogen and oxygen atoms in total. The molecule has 2 aliphatic heterocycles. The molecule has 1 aromatic carbocycles. The normalized spacial score (nSPS) is 22.2. The van der Waals surface area contributed by atoms with Crippen LogP contribution in [0, 0.1) is 0 Å². The average molecular weight is 331 g/mol. The molecule has 0 bridgehead atoms. The molecule has 2 fully saturated rings. The van der Waals surface area contributed by atoms with Gasteiger partial charge in [0, 0.05) is 26.2 Å². The number of carbonyl (C=O) groups is 2. The van der Waals surface area contributed by atoms with Crippen LogP contribution in [-0.2, 0) is 20.8 Å². The van der Waals surface area contributed by atoms with Crippen LogP contribution in [-0.4, -0.2) is 60.6 Å². The molecule has 1 atom stereocenters. The van der Waals surface area contributed by atoms with Gasteiger partial charge in [0.15, 0.2) is 0 Å². The summed E-state index contributed by atoms with van der Waals surface area (Å²) in [4.78, 5) is 32.2. The van der Waals surface area contributed by atoms with Crippen molar-refractivity contribution in [2.24, 2.45) is 0 Å². The van der Waals surface area contributed by atoms with E-state index >= 15 is 0 Å². The van der Waals surface area contributed by atoms with Gasteiger partial charge in [0.05, 0.1) is 19.1 Å². The smallest absolute Gasteiger partial charge is 0.248 e. The number of hydrogen-bond acceptors (Lipinski definition) is 4. The number of benzene rings is 1. The Morgan fingerprint density at radius 2 is 2.04 bits per heavy atom. The predicted molar refractivity (Wildman–Crippen MR) is 90.0 cm³/mol. The molecule has 0 aromatic heterocycles. The number of nitrogens with one attached hydrogen (secondary N) is 1. The van der Waals surface area contributed by atoms with E-state index in [1.807, 2.05) is 18.2 Å². The van der Waals surface area contributed by atoms with Gasteiger partial charge in [-0.25, -0.2) is 5.06 Å². The first-order valence-corrected chi connectivity index (χ1v) is 8.73. The summed E-state index contributed by atoms with van der Waals surface area (Å²) in [5.41, 5.74) is 1.24. The quantitative estimate of drug-likeness (QED) is 0.873. The summed E-state index contributed by atoms with van der Waals surface area (Å²) in [5.74, 6) is -0.152. The molecule has 1 N–H and O–H groups in total. The molecule has 130 valence electrons. The molecule has 0 saturated carbocycles. The van der Waals surface area contributed by atoms with Crippen LogP contribution in [0.1, 0.15) is 24.8 Å². The van der Waals surface area contributed by atoms with Gasteiger partial charge in [0.25, 0.3) is 0 Å².